The average molecular weight is 275 g/mol. The second-order valence-corrected chi connectivity index (χ2v) is 5.19. The van der Waals surface area contributed by atoms with Gasteiger partial charge in [-0.1, -0.05) is 13.0 Å². The summed E-state index contributed by atoms with van der Waals surface area (Å²) in [5.74, 6) is 0.234. The fraction of sp³-hybridized carbons (Fsp3) is 0.400. The third-order valence-corrected chi connectivity index (χ3v) is 3.73. The summed E-state index contributed by atoms with van der Waals surface area (Å²) < 4.78 is 21.1. The Morgan fingerprint density at radius 3 is 3.00 bits per heavy atom. The molecule has 5 heteroatoms. The number of fused-ring (bicyclic) bond motifs is 1. The van der Waals surface area contributed by atoms with Crippen LogP contribution in [0.4, 0.5) is 4.39 Å². The van der Waals surface area contributed by atoms with Crippen molar-refractivity contribution in [3.05, 3.63) is 47.0 Å². The van der Waals surface area contributed by atoms with Crippen molar-refractivity contribution in [2.75, 3.05) is 0 Å². The molecule has 2 N–H and O–H groups in total. The Morgan fingerprint density at radius 1 is 1.45 bits per heavy atom. The smallest absolute Gasteiger partial charge is 0.129 e. The van der Waals surface area contributed by atoms with E-state index in [4.69, 9.17) is 10.5 Å². The van der Waals surface area contributed by atoms with E-state index in [1.165, 1.54) is 12.1 Å². The quantitative estimate of drug-likeness (QED) is 0.916. The molecule has 2 aromatic rings. The van der Waals surface area contributed by atoms with Crippen LogP contribution in [0, 0.1) is 5.82 Å². The summed E-state index contributed by atoms with van der Waals surface area (Å²) in [7, 11) is 1.89. The first-order valence-electron chi connectivity index (χ1n) is 6.82. The molecular formula is C15H18FN3O. The van der Waals surface area contributed by atoms with Gasteiger partial charge in [0.05, 0.1) is 5.69 Å². The number of nitrogens with zero attached hydrogens (tertiary/aromatic N) is 2. The average Bonchev–Trinajstić information content (AvgIpc) is 2.79. The van der Waals surface area contributed by atoms with Crippen LogP contribution in [0.3, 0.4) is 0 Å². The van der Waals surface area contributed by atoms with Crippen molar-refractivity contribution in [1.82, 2.24) is 9.78 Å². The molecule has 0 saturated heterocycles. The molecule has 0 radical (unpaired) electrons. The number of aryl methyl sites for hydroxylation is 2. The lowest BCUT2D eigenvalue weighted by Crippen LogP contribution is -2.24. The molecule has 0 bridgehead atoms. The highest BCUT2D eigenvalue weighted by Gasteiger charge is 2.29. The molecule has 2 heterocycles. The van der Waals surface area contributed by atoms with Crippen molar-refractivity contribution in [2.45, 2.75) is 31.9 Å². The van der Waals surface area contributed by atoms with Crippen molar-refractivity contribution in [2.24, 2.45) is 12.8 Å². The van der Waals surface area contributed by atoms with E-state index < -0.39 is 0 Å². The molecule has 4 nitrogen and oxygen atoms in total. The van der Waals surface area contributed by atoms with Crippen LogP contribution in [-0.4, -0.2) is 9.78 Å². The molecule has 1 aromatic heterocycles. The molecule has 2 atom stereocenters. The first kappa shape index (κ1) is 13.1. The molecule has 0 saturated carbocycles. The minimum atomic E-state index is -0.307. The summed E-state index contributed by atoms with van der Waals surface area (Å²) in [5, 5.41) is 4.42. The number of rotatable bonds is 2. The van der Waals surface area contributed by atoms with Gasteiger partial charge in [-0.2, -0.15) is 5.10 Å². The zero-order valence-electron chi connectivity index (χ0n) is 11.6. The van der Waals surface area contributed by atoms with Crippen LogP contribution in [0.5, 0.6) is 5.75 Å². The van der Waals surface area contributed by atoms with Gasteiger partial charge in [-0.3, -0.25) is 4.68 Å². The fourth-order valence-corrected chi connectivity index (χ4v) is 2.76. The standard InChI is InChI=1S/C15H18FN3O/c1-3-13-11(8-19(2)18-13)15-7-12(17)10-5-4-9(16)6-14(10)20-15/h4-6,8,12,15H,3,7,17H2,1-2H3. The molecule has 2 unspecified atom stereocenters. The van der Waals surface area contributed by atoms with Gasteiger partial charge in [-0.25, -0.2) is 4.39 Å². The minimum Gasteiger partial charge on any atom is -0.485 e. The lowest BCUT2D eigenvalue weighted by atomic mass is 9.93. The Hall–Kier alpha value is -1.88. The lowest BCUT2D eigenvalue weighted by Gasteiger charge is -2.30. The van der Waals surface area contributed by atoms with E-state index in [0.29, 0.717) is 12.2 Å². The van der Waals surface area contributed by atoms with Crippen molar-refractivity contribution >= 4 is 0 Å². The third kappa shape index (κ3) is 2.18. The number of hydrogen-bond acceptors (Lipinski definition) is 3. The van der Waals surface area contributed by atoms with Gasteiger partial charge in [0.15, 0.2) is 0 Å². The van der Waals surface area contributed by atoms with Gasteiger partial charge in [0.2, 0.25) is 0 Å². The molecule has 0 spiro atoms. The molecular weight excluding hydrogens is 257 g/mol. The minimum absolute atomic E-state index is 0.144. The summed E-state index contributed by atoms with van der Waals surface area (Å²) in [6, 6.07) is 4.39. The molecule has 0 fully saturated rings. The summed E-state index contributed by atoms with van der Waals surface area (Å²) in [4.78, 5) is 0. The molecule has 0 aliphatic carbocycles. The monoisotopic (exact) mass is 275 g/mol. The van der Waals surface area contributed by atoms with Gasteiger partial charge in [0.1, 0.15) is 17.7 Å². The highest BCUT2D eigenvalue weighted by atomic mass is 19.1. The summed E-state index contributed by atoms with van der Waals surface area (Å²) in [6.07, 6.45) is 3.31. The van der Waals surface area contributed by atoms with E-state index in [-0.39, 0.29) is 18.0 Å². The lowest BCUT2D eigenvalue weighted by molar-refractivity contribution is 0.160. The molecule has 106 valence electrons. The topological polar surface area (TPSA) is 53.1 Å². The van der Waals surface area contributed by atoms with Crippen LogP contribution in [0.2, 0.25) is 0 Å². The molecule has 1 aliphatic heterocycles. The molecule has 1 aromatic carbocycles. The Labute approximate surface area is 117 Å². The molecule has 1 aliphatic rings. The van der Waals surface area contributed by atoms with Gasteiger partial charge >= 0.3 is 0 Å². The Morgan fingerprint density at radius 2 is 2.25 bits per heavy atom. The van der Waals surface area contributed by atoms with Crippen LogP contribution in [-0.2, 0) is 13.5 Å². The summed E-state index contributed by atoms with van der Waals surface area (Å²) in [6.45, 7) is 2.06. The van der Waals surface area contributed by atoms with E-state index in [9.17, 15) is 4.39 Å². The normalized spacial score (nSPS) is 21.4. The summed E-state index contributed by atoms with van der Waals surface area (Å²) >= 11 is 0. The van der Waals surface area contributed by atoms with Crippen LogP contribution < -0.4 is 10.5 Å². The van der Waals surface area contributed by atoms with Gasteiger partial charge < -0.3 is 10.5 Å². The number of hydrogen-bond donors (Lipinski definition) is 1. The zero-order chi connectivity index (χ0) is 14.3. The van der Waals surface area contributed by atoms with Crippen molar-refractivity contribution < 1.29 is 9.13 Å². The highest BCUT2D eigenvalue weighted by Crippen LogP contribution is 2.40. The van der Waals surface area contributed by atoms with Crippen molar-refractivity contribution in [3.8, 4) is 5.75 Å². The van der Waals surface area contributed by atoms with E-state index >= 15 is 0 Å². The number of benzene rings is 1. The van der Waals surface area contributed by atoms with Gasteiger partial charge in [0.25, 0.3) is 0 Å². The predicted octanol–water partition coefficient (Wildman–Crippen LogP) is 2.65. The highest BCUT2D eigenvalue weighted by molar-refractivity contribution is 5.39. The SMILES string of the molecule is CCc1nn(C)cc1C1CC(N)c2ccc(F)cc2O1. The number of ether oxygens (including phenoxy) is 1. The molecule has 0 amide bonds. The second-order valence-electron chi connectivity index (χ2n) is 5.19. The fourth-order valence-electron chi connectivity index (χ4n) is 2.76. The van der Waals surface area contributed by atoms with Crippen LogP contribution in [0.25, 0.3) is 0 Å². The third-order valence-electron chi connectivity index (χ3n) is 3.73. The Balaban J connectivity index is 1.98. The molecule has 3 rings (SSSR count). The summed E-state index contributed by atoms with van der Waals surface area (Å²) in [5.41, 5.74) is 9.10. The molecule has 20 heavy (non-hydrogen) atoms. The maximum absolute atomic E-state index is 13.4. The van der Waals surface area contributed by atoms with Crippen LogP contribution in [0.1, 0.15) is 42.3 Å². The number of halogens is 1. The van der Waals surface area contributed by atoms with Gasteiger partial charge in [-0.05, 0) is 12.5 Å². The maximum Gasteiger partial charge on any atom is 0.129 e. The van der Waals surface area contributed by atoms with Crippen molar-refractivity contribution in [3.63, 3.8) is 0 Å². The first-order valence-corrected chi connectivity index (χ1v) is 6.82. The zero-order valence-corrected chi connectivity index (χ0v) is 11.6. The van der Waals surface area contributed by atoms with Gasteiger partial charge in [-0.15, -0.1) is 0 Å². The van der Waals surface area contributed by atoms with Crippen molar-refractivity contribution in [1.29, 1.82) is 0 Å². The Bertz CT molecular complexity index is 638. The van der Waals surface area contributed by atoms with E-state index in [0.717, 1.165) is 23.2 Å². The predicted molar refractivity (Wildman–Crippen MR) is 73.9 cm³/mol. The van der Waals surface area contributed by atoms with Crippen LogP contribution in [0.15, 0.2) is 24.4 Å². The largest absolute Gasteiger partial charge is 0.485 e. The van der Waals surface area contributed by atoms with Crippen LogP contribution >= 0.6 is 0 Å². The van der Waals surface area contributed by atoms with E-state index in [1.807, 2.05) is 13.2 Å². The second kappa shape index (κ2) is 4.90. The van der Waals surface area contributed by atoms with E-state index in [1.54, 1.807) is 10.7 Å². The maximum atomic E-state index is 13.4. The van der Waals surface area contributed by atoms with E-state index in [2.05, 4.69) is 12.0 Å². The number of nitrogens with two attached hydrogens (primary N) is 1. The Kier molecular flexibility index (Phi) is 3.22. The van der Waals surface area contributed by atoms with Gasteiger partial charge in [0, 0.05) is 42.9 Å². The number of aromatic nitrogens is 2. The first-order chi connectivity index (χ1) is 9.58.